The quantitative estimate of drug-likeness (QED) is 0.854. The van der Waals surface area contributed by atoms with Gasteiger partial charge in [-0.3, -0.25) is 0 Å². The Morgan fingerprint density at radius 3 is 2.76 bits per heavy atom. The van der Waals surface area contributed by atoms with Gasteiger partial charge in [-0.25, -0.2) is 0 Å². The lowest BCUT2D eigenvalue weighted by atomic mass is 9.95. The molecule has 0 aromatic heterocycles. The van der Waals surface area contributed by atoms with Crippen LogP contribution in [0.15, 0.2) is 24.3 Å². The summed E-state index contributed by atoms with van der Waals surface area (Å²) in [6.07, 6.45) is 1.52. The molecule has 94 valence electrons. The third-order valence-electron chi connectivity index (χ3n) is 3.11. The molecule has 3 heteroatoms. The van der Waals surface area contributed by atoms with Gasteiger partial charge in [-0.1, -0.05) is 19.1 Å². The number of ether oxygens (including phenoxy) is 2. The zero-order valence-corrected chi connectivity index (χ0v) is 10.3. The summed E-state index contributed by atoms with van der Waals surface area (Å²) in [4.78, 5) is 0. The van der Waals surface area contributed by atoms with Crippen LogP contribution >= 0.6 is 0 Å². The predicted octanol–water partition coefficient (Wildman–Crippen LogP) is 2.55. The fraction of sp³-hybridized carbons (Fsp3) is 0.571. The molecule has 1 fully saturated rings. The Labute approximate surface area is 102 Å². The van der Waals surface area contributed by atoms with Crippen molar-refractivity contribution in [3.8, 4) is 5.75 Å². The van der Waals surface area contributed by atoms with Crippen LogP contribution in [0.5, 0.6) is 5.75 Å². The van der Waals surface area contributed by atoms with E-state index in [9.17, 15) is 5.11 Å². The third-order valence-corrected chi connectivity index (χ3v) is 3.11. The van der Waals surface area contributed by atoms with Crippen LogP contribution in [-0.4, -0.2) is 24.9 Å². The Hall–Kier alpha value is -1.06. The molecule has 0 saturated carbocycles. The fourth-order valence-electron chi connectivity index (χ4n) is 2.06. The maximum absolute atomic E-state index is 10.2. The zero-order chi connectivity index (χ0) is 12.1. The minimum absolute atomic E-state index is 0.234. The first-order chi connectivity index (χ1) is 8.31. The highest BCUT2D eigenvalue weighted by molar-refractivity contribution is 5.28. The van der Waals surface area contributed by atoms with Gasteiger partial charge in [0.2, 0.25) is 0 Å². The van der Waals surface area contributed by atoms with E-state index in [1.165, 1.54) is 0 Å². The van der Waals surface area contributed by atoms with E-state index < -0.39 is 6.10 Å². The van der Waals surface area contributed by atoms with Crippen molar-refractivity contribution in [3.05, 3.63) is 29.8 Å². The molecule has 1 aliphatic rings. The molecule has 1 saturated heterocycles. The van der Waals surface area contributed by atoms with Gasteiger partial charge in [0.1, 0.15) is 5.75 Å². The Morgan fingerprint density at radius 1 is 1.41 bits per heavy atom. The van der Waals surface area contributed by atoms with Crippen LogP contribution < -0.4 is 4.74 Å². The van der Waals surface area contributed by atoms with Gasteiger partial charge in [0.05, 0.1) is 19.3 Å². The van der Waals surface area contributed by atoms with Gasteiger partial charge >= 0.3 is 0 Å². The summed E-state index contributed by atoms with van der Waals surface area (Å²) >= 11 is 0. The Morgan fingerprint density at radius 2 is 2.18 bits per heavy atom. The van der Waals surface area contributed by atoms with Crippen molar-refractivity contribution in [2.24, 2.45) is 5.92 Å². The number of aliphatic hydroxyl groups excluding tert-OH is 1. The summed E-state index contributed by atoms with van der Waals surface area (Å²) in [5.41, 5.74) is 0.948. The summed E-state index contributed by atoms with van der Waals surface area (Å²) in [6, 6.07) is 7.72. The second kappa shape index (κ2) is 6.03. The van der Waals surface area contributed by atoms with E-state index >= 15 is 0 Å². The lowest BCUT2D eigenvalue weighted by Gasteiger charge is -2.17. The van der Waals surface area contributed by atoms with E-state index in [0.717, 1.165) is 37.4 Å². The molecule has 0 aliphatic carbocycles. The molecule has 1 aromatic carbocycles. The first-order valence-corrected chi connectivity index (χ1v) is 6.30. The van der Waals surface area contributed by atoms with Gasteiger partial charge in [-0.05, 0) is 30.5 Å². The molecule has 1 N–H and O–H groups in total. The molecule has 2 unspecified atom stereocenters. The molecule has 0 bridgehead atoms. The number of rotatable bonds is 5. The molecule has 17 heavy (non-hydrogen) atoms. The topological polar surface area (TPSA) is 38.7 Å². The van der Waals surface area contributed by atoms with Crippen LogP contribution in [0, 0.1) is 5.92 Å². The van der Waals surface area contributed by atoms with Crippen molar-refractivity contribution >= 4 is 0 Å². The van der Waals surface area contributed by atoms with Crippen molar-refractivity contribution in [3.63, 3.8) is 0 Å². The van der Waals surface area contributed by atoms with Gasteiger partial charge in [0.15, 0.2) is 0 Å². The number of hydrogen-bond donors (Lipinski definition) is 1. The smallest absolute Gasteiger partial charge is 0.119 e. The number of hydrogen-bond acceptors (Lipinski definition) is 3. The standard InChI is InChI=1S/C14H20O3/c1-2-8-17-13-5-3-11(4-6-13)14(15)12-7-9-16-10-12/h3-6,12,14-15H,2,7-10H2,1H3. The summed E-state index contributed by atoms with van der Waals surface area (Å²) in [5, 5.41) is 10.2. The van der Waals surface area contributed by atoms with Crippen LogP contribution in [0.2, 0.25) is 0 Å². The zero-order valence-electron chi connectivity index (χ0n) is 10.3. The molecular formula is C14H20O3. The fourth-order valence-corrected chi connectivity index (χ4v) is 2.06. The van der Waals surface area contributed by atoms with Crippen LogP contribution in [-0.2, 0) is 4.74 Å². The van der Waals surface area contributed by atoms with Gasteiger partial charge < -0.3 is 14.6 Å². The van der Waals surface area contributed by atoms with E-state index in [1.54, 1.807) is 0 Å². The average molecular weight is 236 g/mol. The number of benzene rings is 1. The molecule has 0 radical (unpaired) electrons. The molecule has 1 aromatic rings. The van der Waals surface area contributed by atoms with Crippen molar-refractivity contribution in [2.45, 2.75) is 25.9 Å². The van der Waals surface area contributed by atoms with Crippen LogP contribution in [0.3, 0.4) is 0 Å². The molecule has 1 aliphatic heterocycles. The van der Waals surface area contributed by atoms with Crippen LogP contribution in [0.4, 0.5) is 0 Å². The molecule has 0 amide bonds. The molecule has 2 atom stereocenters. The summed E-state index contributed by atoms with van der Waals surface area (Å²) in [6.45, 7) is 4.24. The molecule has 1 heterocycles. The van der Waals surface area contributed by atoms with Crippen molar-refractivity contribution in [2.75, 3.05) is 19.8 Å². The van der Waals surface area contributed by atoms with E-state index in [-0.39, 0.29) is 5.92 Å². The van der Waals surface area contributed by atoms with E-state index in [2.05, 4.69) is 6.92 Å². The Balaban J connectivity index is 1.96. The number of aliphatic hydroxyl groups is 1. The lowest BCUT2D eigenvalue weighted by molar-refractivity contribution is 0.0917. The third kappa shape index (κ3) is 3.20. The second-order valence-corrected chi connectivity index (χ2v) is 4.49. The second-order valence-electron chi connectivity index (χ2n) is 4.49. The predicted molar refractivity (Wildman–Crippen MR) is 66.1 cm³/mol. The largest absolute Gasteiger partial charge is 0.494 e. The first kappa shape index (κ1) is 12.4. The van der Waals surface area contributed by atoms with Crippen molar-refractivity contribution in [1.29, 1.82) is 0 Å². The van der Waals surface area contributed by atoms with Crippen LogP contribution in [0.25, 0.3) is 0 Å². The van der Waals surface area contributed by atoms with Gasteiger partial charge in [0.25, 0.3) is 0 Å². The SMILES string of the molecule is CCCOc1ccc(C(O)C2CCOC2)cc1. The highest BCUT2D eigenvalue weighted by atomic mass is 16.5. The Kier molecular flexibility index (Phi) is 4.40. The van der Waals surface area contributed by atoms with Crippen molar-refractivity contribution < 1.29 is 14.6 Å². The van der Waals surface area contributed by atoms with E-state index in [1.807, 2.05) is 24.3 Å². The normalized spacial score (nSPS) is 21.4. The van der Waals surface area contributed by atoms with Gasteiger partial charge in [0, 0.05) is 12.5 Å². The maximum atomic E-state index is 10.2. The summed E-state index contributed by atoms with van der Waals surface area (Å²) < 4.78 is 10.8. The minimum atomic E-state index is -0.419. The maximum Gasteiger partial charge on any atom is 0.119 e. The lowest BCUT2D eigenvalue weighted by Crippen LogP contribution is -2.12. The Bertz CT molecular complexity index is 328. The van der Waals surface area contributed by atoms with Gasteiger partial charge in [-0.2, -0.15) is 0 Å². The van der Waals surface area contributed by atoms with E-state index in [4.69, 9.17) is 9.47 Å². The first-order valence-electron chi connectivity index (χ1n) is 6.30. The summed E-state index contributed by atoms with van der Waals surface area (Å²) in [5.74, 6) is 1.10. The molecule has 2 rings (SSSR count). The van der Waals surface area contributed by atoms with Gasteiger partial charge in [-0.15, -0.1) is 0 Å². The highest BCUT2D eigenvalue weighted by Gasteiger charge is 2.25. The molecule has 3 nitrogen and oxygen atoms in total. The van der Waals surface area contributed by atoms with E-state index in [0.29, 0.717) is 6.61 Å². The minimum Gasteiger partial charge on any atom is -0.494 e. The summed E-state index contributed by atoms with van der Waals surface area (Å²) in [7, 11) is 0. The average Bonchev–Trinajstić information content (AvgIpc) is 2.90. The molecular weight excluding hydrogens is 216 g/mol. The van der Waals surface area contributed by atoms with Crippen molar-refractivity contribution in [1.82, 2.24) is 0 Å². The monoisotopic (exact) mass is 236 g/mol. The molecule has 0 spiro atoms. The highest BCUT2D eigenvalue weighted by Crippen LogP contribution is 2.29. The van der Waals surface area contributed by atoms with Crippen LogP contribution in [0.1, 0.15) is 31.4 Å².